The molecule has 3 heteroatoms. The van der Waals surface area contributed by atoms with Crippen LogP contribution in [0.3, 0.4) is 0 Å². The van der Waals surface area contributed by atoms with E-state index >= 15 is 0 Å². The average molecular weight is 268 g/mol. The van der Waals surface area contributed by atoms with Gasteiger partial charge in [0.1, 0.15) is 0 Å². The van der Waals surface area contributed by atoms with Gasteiger partial charge < -0.3 is 5.73 Å². The fourth-order valence-electron chi connectivity index (χ4n) is 2.22. The molecule has 0 radical (unpaired) electrons. The molecule has 2 nitrogen and oxygen atoms in total. The highest BCUT2D eigenvalue weighted by Crippen LogP contribution is 2.27. The third-order valence-corrected chi connectivity index (χ3v) is 4.45. The van der Waals surface area contributed by atoms with Gasteiger partial charge in [0.15, 0.2) is 0 Å². The predicted molar refractivity (Wildman–Crippen MR) is 82.2 cm³/mol. The van der Waals surface area contributed by atoms with Crippen molar-refractivity contribution in [2.24, 2.45) is 5.73 Å². The second-order valence-corrected chi connectivity index (χ2v) is 6.26. The van der Waals surface area contributed by atoms with Gasteiger partial charge in [0, 0.05) is 16.3 Å². The summed E-state index contributed by atoms with van der Waals surface area (Å²) in [6.07, 6.45) is 5.04. The van der Waals surface area contributed by atoms with Crippen molar-refractivity contribution in [1.29, 1.82) is 0 Å². The van der Waals surface area contributed by atoms with Crippen LogP contribution in [0.4, 0.5) is 0 Å². The minimum Gasteiger partial charge on any atom is -0.329 e. The van der Waals surface area contributed by atoms with Crippen LogP contribution < -0.4 is 5.73 Å². The number of thiophene rings is 1. The molecule has 0 aliphatic heterocycles. The van der Waals surface area contributed by atoms with Crippen molar-refractivity contribution >= 4 is 11.3 Å². The lowest BCUT2D eigenvalue weighted by Gasteiger charge is -2.30. The van der Waals surface area contributed by atoms with Crippen LogP contribution in [0, 0.1) is 6.92 Å². The van der Waals surface area contributed by atoms with Crippen molar-refractivity contribution in [2.75, 3.05) is 19.6 Å². The van der Waals surface area contributed by atoms with Gasteiger partial charge in [-0.2, -0.15) is 0 Å². The molecule has 1 unspecified atom stereocenters. The van der Waals surface area contributed by atoms with E-state index in [0.29, 0.717) is 6.04 Å². The van der Waals surface area contributed by atoms with Crippen molar-refractivity contribution in [3.8, 4) is 0 Å². The zero-order valence-electron chi connectivity index (χ0n) is 12.1. The first-order valence-electron chi connectivity index (χ1n) is 7.23. The molecular formula is C15H28N2S. The highest BCUT2D eigenvalue weighted by molar-refractivity contribution is 7.12. The SMILES string of the molecule is CCCCN(CCCC)C(CN)c1ccc(C)s1. The highest BCUT2D eigenvalue weighted by Gasteiger charge is 2.19. The molecule has 0 saturated heterocycles. The minimum absolute atomic E-state index is 0.418. The standard InChI is InChI=1S/C15H28N2S/c1-4-6-10-17(11-7-5-2)14(12-16)15-9-8-13(3)18-15/h8-9,14H,4-7,10-12,16H2,1-3H3. The number of nitrogens with two attached hydrogens (primary N) is 1. The number of hydrogen-bond acceptors (Lipinski definition) is 3. The number of unbranched alkanes of at least 4 members (excludes halogenated alkanes) is 2. The molecule has 0 amide bonds. The van der Waals surface area contributed by atoms with Gasteiger partial charge in [-0.1, -0.05) is 26.7 Å². The molecule has 1 aromatic rings. The largest absolute Gasteiger partial charge is 0.329 e. The van der Waals surface area contributed by atoms with Gasteiger partial charge in [0.05, 0.1) is 6.04 Å². The Balaban J connectivity index is 2.71. The fourth-order valence-corrected chi connectivity index (χ4v) is 3.25. The topological polar surface area (TPSA) is 29.3 Å². The first kappa shape index (κ1) is 15.7. The van der Waals surface area contributed by atoms with Crippen molar-refractivity contribution in [2.45, 2.75) is 52.5 Å². The predicted octanol–water partition coefficient (Wildman–Crippen LogP) is 3.96. The number of aryl methyl sites for hydroxylation is 1. The van der Waals surface area contributed by atoms with Crippen LogP contribution in [-0.4, -0.2) is 24.5 Å². The molecule has 0 aromatic carbocycles. The Morgan fingerprint density at radius 2 is 1.78 bits per heavy atom. The smallest absolute Gasteiger partial charge is 0.0564 e. The zero-order chi connectivity index (χ0) is 13.4. The monoisotopic (exact) mass is 268 g/mol. The van der Waals surface area contributed by atoms with E-state index in [4.69, 9.17) is 5.73 Å². The second-order valence-electron chi connectivity index (χ2n) is 4.94. The van der Waals surface area contributed by atoms with Crippen molar-refractivity contribution < 1.29 is 0 Å². The maximum absolute atomic E-state index is 6.02. The molecule has 1 aromatic heterocycles. The lowest BCUT2D eigenvalue weighted by molar-refractivity contribution is 0.198. The lowest BCUT2D eigenvalue weighted by atomic mass is 10.1. The third kappa shape index (κ3) is 4.71. The average Bonchev–Trinajstić information content (AvgIpc) is 2.79. The molecule has 0 saturated carbocycles. The van der Waals surface area contributed by atoms with Gasteiger partial charge in [0.25, 0.3) is 0 Å². The molecule has 0 aliphatic rings. The zero-order valence-corrected chi connectivity index (χ0v) is 12.9. The molecule has 0 bridgehead atoms. The second kappa shape index (κ2) is 8.68. The number of nitrogens with zero attached hydrogens (tertiary/aromatic N) is 1. The Kier molecular flexibility index (Phi) is 7.56. The van der Waals surface area contributed by atoms with Crippen LogP contribution in [-0.2, 0) is 0 Å². The van der Waals surface area contributed by atoms with E-state index < -0.39 is 0 Å². The summed E-state index contributed by atoms with van der Waals surface area (Å²) in [7, 11) is 0. The summed E-state index contributed by atoms with van der Waals surface area (Å²) in [5.74, 6) is 0. The molecule has 1 rings (SSSR count). The van der Waals surface area contributed by atoms with E-state index in [1.54, 1.807) is 0 Å². The van der Waals surface area contributed by atoms with E-state index in [-0.39, 0.29) is 0 Å². The van der Waals surface area contributed by atoms with E-state index in [9.17, 15) is 0 Å². The first-order chi connectivity index (χ1) is 8.72. The number of rotatable bonds is 9. The molecule has 18 heavy (non-hydrogen) atoms. The lowest BCUT2D eigenvalue weighted by Crippen LogP contribution is -2.34. The van der Waals surface area contributed by atoms with Gasteiger partial charge in [-0.05, 0) is 45.0 Å². The van der Waals surface area contributed by atoms with Crippen LogP contribution in [0.2, 0.25) is 0 Å². The summed E-state index contributed by atoms with van der Waals surface area (Å²) in [4.78, 5) is 5.40. The van der Waals surface area contributed by atoms with Crippen molar-refractivity contribution in [3.63, 3.8) is 0 Å². The molecular weight excluding hydrogens is 240 g/mol. The molecule has 104 valence electrons. The Morgan fingerprint density at radius 3 is 2.17 bits per heavy atom. The normalized spacial score (nSPS) is 13.2. The van der Waals surface area contributed by atoms with Gasteiger partial charge >= 0.3 is 0 Å². The quantitative estimate of drug-likeness (QED) is 0.734. The third-order valence-electron chi connectivity index (χ3n) is 3.35. The van der Waals surface area contributed by atoms with Crippen LogP contribution in [0.5, 0.6) is 0 Å². The highest BCUT2D eigenvalue weighted by atomic mass is 32.1. The van der Waals surface area contributed by atoms with Gasteiger partial charge in [-0.3, -0.25) is 4.90 Å². The van der Waals surface area contributed by atoms with Gasteiger partial charge in [-0.25, -0.2) is 0 Å². The van der Waals surface area contributed by atoms with Gasteiger partial charge in [-0.15, -0.1) is 11.3 Å². The van der Waals surface area contributed by atoms with Crippen LogP contribution in [0.15, 0.2) is 12.1 Å². The Morgan fingerprint density at radius 1 is 1.17 bits per heavy atom. The van der Waals surface area contributed by atoms with E-state index in [1.807, 2.05) is 11.3 Å². The Labute approximate surface area is 116 Å². The van der Waals surface area contributed by atoms with E-state index in [1.165, 1.54) is 48.5 Å². The molecule has 0 aliphatic carbocycles. The molecule has 1 heterocycles. The summed E-state index contributed by atoms with van der Waals surface area (Å²) in [5.41, 5.74) is 6.02. The molecule has 2 N–H and O–H groups in total. The maximum Gasteiger partial charge on any atom is 0.0564 e. The van der Waals surface area contributed by atoms with E-state index in [2.05, 4.69) is 37.8 Å². The molecule has 0 spiro atoms. The van der Waals surface area contributed by atoms with Crippen molar-refractivity contribution in [1.82, 2.24) is 4.90 Å². The molecule has 1 atom stereocenters. The Hall–Kier alpha value is -0.380. The maximum atomic E-state index is 6.02. The van der Waals surface area contributed by atoms with Gasteiger partial charge in [0.2, 0.25) is 0 Å². The van der Waals surface area contributed by atoms with Crippen LogP contribution >= 0.6 is 11.3 Å². The van der Waals surface area contributed by atoms with Crippen LogP contribution in [0.1, 0.15) is 55.3 Å². The molecule has 0 fully saturated rings. The first-order valence-corrected chi connectivity index (χ1v) is 8.05. The summed E-state index contributed by atoms with van der Waals surface area (Å²) in [5, 5.41) is 0. The fraction of sp³-hybridized carbons (Fsp3) is 0.733. The van der Waals surface area contributed by atoms with Crippen LogP contribution in [0.25, 0.3) is 0 Å². The summed E-state index contributed by atoms with van der Waals surface area (Å²) >= 11 is 1.89. The summed E-state index contributed by atoms with van der Waals surface area (Å²) in [6.45, 7) is 9.76. The Bertz CT molecular complexity index is 314. The minimum atomic E-state index is 0.418. The summed E-state index contributed by atoms with van der Waals surface area (Å²) in [6, 6.07) is 4.88. The van der Waals surface area contributed by atoms with E-state index in [0.717, 1.165) is 6.54 Å². The summed E-state index contributed by atoms with van der Waals surface area (Å²) < 4.78 is 0. The van der Waals surface area contributed by atoms with Crippen molar-refractivity contribution in [3.05, 3.63) is 21.9 Å². The number of hydrogen-bond donors (Lipinski definition) is 1.